The summed E-state index contributed by atoms with van der Waals surface area (Å²) in [7, 11) is 0. The van der Waals surface area contributed by atoms with E-state index in [-0.39, 0.29) is 6.04 Å². The van der Waals surface area contributed by atoms with Gasteiger partial charge in [0, 0.05) is 23.2 Å². The normalized spacial score (nSPS) is 20.3. The second-order valence-corrected chi connectivity index (χ2v) is 7.17. The molecule has 2 aromatic carbocycles. The van der Waals surface area contributed by atoms with Crippen LogP contribution in [0.25, 0.3) is 0 Å². The van der Waals surface area contributed by atoms with E-state index in [1.165, 1.54) is 6.92 Å². The minimum atomic E-state index is -0.753. The lowest BCUT2D eigenvalue weighted by Gasteiger charge is -2.44. The van der Waals surface area contributed by atoms with Crippen LogP contribution in [0.4, 0.5) is 5.69 Å². The third-order valence-electron chi connectivity index (χ3n) is 4.29. The number of nitrogens with zero attached hydrogens (tertiary/aromatic N) is 1. The van der Waals surface area contributed by atoms with Crippen LogP contribution in [0.2, 0.25) is 5.02 Å². The Kier molecular flexibility index (Phi) is 4.80. The van der Waals surface area contributed by atoms with E-state index < -0.39 is 17.7 Å². The zero-order valence-electron chi connectivity index (χ0n) is 14.7. The van der Waals surface area contributed by atoms with Gasteiger partial charge in [0.15, 0.2) is 6.10 Å². The van der Waals surface area contributed by atoms with Gasteiger partial charge in [-0.3, -0.25) is 4.79 Å². The Labute approximate surface area is 157 Å². The standard InChI is InChI=1S/C20H19ClN2O3/c1-12(24)25-19-18(23-15-7-5-14(21)6-8-15)16-10-13(11-22)4-9-17(16)26-20(19,2)3/h4-10,18-19,23H,1-3H3/t18?,19-/m1/s1. The van der Waals surface area contributed by atoms with Crippen LogP contribution in [0.5, 0.6) is 5.75 Å². The summed E-state index contributed by atoms with van der Waals surface area (Å²) >= 11 is 5.96. The van der Waals surface area contributed by atoms with Crippen LogP contribution in [0.15, 0.2) is 42.5 Å². The van der Waals surface area contributed by atoms with Crippen molar-refractivity contribution in [1.82, 2.24) is 0 Å². The summed E-state index contributed by atoms with van der Waals surface area (Å²) in [6.07, 6.45) is -0.586. The minimum absolute atomic E-state index is 0.382. The molecule has 26 heavy (non-hydrogen) atoms. The number of fused-ring (bicyclic) bond motifs is 1. The SMILES string of the molecule is CC(=O)O[C@@H]1C(Nc2ccc(Cl)cc2)c2cc(C#N)ccc2OC1(C)C. The molecule has 1 heterocycles. The predicted octanol–water partition coefficient (Wildman–Crippen LogP) is 4.47. The molecule has 1 unspecified atom stereocenters. The van der Waals surface area contributed by atoms with E-state index in [4.69, 9.17) is 21.1 Å². The second kappa shape index (κ2) is 6.89. The van der Waals surface area contributed by atoms with Gasteiger partial charge in [-0.15, -0.1) is 0 Å². The summed E-state index contributed by atoms with van der Waals surface area (Å²) in [5.74, 6) is 0.262. The van der Waals surface area contributed by atoms with Crippen molar-refractivity contribution in [3.63, 3.8) is 0 Å². The van der Waals surface area contributed by atoms with Gasteiger partial charge in [-0.1, -0.05) is 11.6 Å². The summed E-state index contributed by atoms with van der Waals surface area (Å²) in [5.41, 5.74) is 1.35. The topological polar surface area (TPSA) is 71.3 Å². The molecule has 3 rings (SSSR count). The van der Waals surface area contributed by atoms with Crippen molar-refractivity contribution in [3.8, 4) is 11.8 Å². The molecule has 134 valence electrons. The average molecular weight is 371 g/mol. The van der Waals surface area contributed by atoms with Crippen molar-refractivity contribution in [2.45, 2.75) is 38.5 Å². The highest BCUT2D eigenvalue weighted by Gasteiger charge is 2.46. The van der Waals surface area contributed by atoms with Crippen LogP contribution >= 0.6 is 11.6 Å². The molecule has 2 aromatic rings. The van der Waals surface area contributed by atoms with Gasteiger partial charge in [-0.2, -0.15) is 5.26 Å². The molecule has 6 heteroatoms. The number of hydrogen-bond donors (Lipinski definition) is 1. The van der Waals surface area contributed by atoms with Gasteiger partial charge in [0.1, 0.15) is 11.4 Å². The molecule has 0 aromatic heterocycles. The number of nitriles is 1. The Bertz CT molecular complexity index is 872. The van der Waals surface area contributed by atoms with E-state index in [1.807, 2.05) is 26.0 Å². The quantitative estimate of drug-likeness (QED) is 0.807. The van der Waals surface area contributed by atoms with Crippen molar-refractivity contribution in [2.24, 2.45) is 0 Å². The fourth-order valence-electron chi connectivity index (χ4n) is 3.13. The Hall–Kier alpha value is -2.71. The zero-order chi connectivity index (χ0) is 18.9. The number of carbonyl (C=O) groups excluding carboxylic acids is 1. The minimum Gasteiger partial charge on any atom is -0.484 e. The summed E-state index contributed by atoms with van der Waals surface area (Å²) < 4.78 is 11.7. The Morgan fingerprint density at radius 2 is 1.96 bits per heavy atom. The summed E-state index contributed by atoms with van der Waals surface area (Å²) in [6.45, 7) is 5.12. The molecule has 1 aliphatic rings. The molecule has 0 bridgehead atoms. The third-order valence-corrected chi connectivity index (χ3v) is 4.55. The van der Waals surface area contributed by atoms with Gasteiger partial charge < -0.3 is 14.8 Å². The third kappa shape index (κ3) is 3.61. The lowest BCUT2D eigenvalue weighted by molar-refractivity contribution is -0.160. The Morgan fingerprint density at radius 3 is 2.58 bits per heavy atom. The number of rotatable bonds is 3. The van der Waals surface area contributed by atoms with Crippen LogP contribution in [-0.2, 0) is 9.53 Å². The van der Waals surface area contributed by atoms with Gasteiger partial charge in [-0.25, -0.2) is 0 Å². The first-order chi connectivity index (χ1) is 12.3. The maximum Gasteiger partial charge on any atom is 0.303 e. The van der Waals surface area contributed by atoms with Crippen molar-refractivity contribution < 1.29 is 14.3 Å². The van der Waals surface area contributed by atoms with E-state index in [0.29, 0.717) is 16.3 Å². The fourth-order valence-corrected chi connectivity index (χ4v) is 3.25. The van der Waals surface area contributed by atoms with Crippen LogP contribution in [-0.4, -0.2) is 17.7 Å². The molecule has 0 fully saturated rings. The van der Waals surface area contributed by atoms with E-state index in [0.717, 1.165) is 11.3 Å². The average Bonchev–Trinajstić information content (AvgIpc) is 2.59. The number of esters is 1. The van der Waals surface area contributed by atoms with Gasteiger partial charge in [-0.05, 0) is 56.3 Å². The van der Waals surface area contributed by atoms with Crippen molar-refractivity contribution in [3.05, 3.63) is 58.6 Å². The van der Waals surface area contributed by atoms with Crippen LogP contribution in [0.3, 0.4) is 0 Å². The summed E-state index contributed by atoms with van der Waals surface area (Å²) in [5, 5.41) is 13.3. The van der Waals surface area contributed by atoms with Crippen LogP contribution < -0.4 is 10.1 Å². The largest absolute Gasteiger partial charge is 0.484 e. The number of nitrogens with one attached hydrogen (secondary N) is 1. The molecule has 0 amide bonds. The van der Waals surface area contributed by atoms with Crippen molar-refractivity contribution >= 4 is 23.3 Å². The molecule has 1 N–H and O–H groups in total. The van der Waals surface area contributed by atoms with Crippen molar-refractivity contribution in [2.75, 3.05) is 5.32 Å². The molecule has 0 saturated carbocycles. The smallest absolute Gasteiger partial charge is 0.303 e. The maximum absolute atomic E-state index is 11.7. The number of hydrogen-bond acceptors (Lipinski definition) is 5. The Morgan fingerprint density at radius 1 is 1.27 bits per heavy atom. The lowest BCUT2D eigenvalue weighted by atomic mass is 9.85. The first-order valence-electron chi connectivity index (χ1n) is 8.22. The first-order valence-corrected chi connectivity index (χ1v) is 8.60. The van der Waals surface area contributed by atoms with Gasteiger partial charge >= 0.3 is 5.97 Å². The molecule has 0 spiro atoms. The number of anilines is 1. The molecular weight excluding hydrogens is 352 g/mol. The fraction of sp³-hybridized carbons (Fsp3) is 0.300. The van der Waals surface area contributed by atoms with Crippen LogP contribution in [0, 0.1) is 11.3 Å². The second-order valence-electron chi connectivity index (χ2n) is 6.73. The van der Waals surface area contributed by atoms with E-state index in [9.17, 15) is 10.1 Å². The zero-order valence-corrected chi connectivity index (χ0v) is 15.5. The lowest BCUT2D eigenvalue weighted by Crippen LogP contribution is -2.52. The molecule has 0 saturated heterocycles. The Balaban J connectivity index is 2.08. The van der Waals surface area contributed by atoms with Crippen molar-refractivity contribution in [1.29, 1.82) is 5.26 Å². The number of carbonyl (C=O) groups is 1. The maximum atomic E-state index is 11.7. The van der Waals surface area contributed by atoms with Gasteiger partial charge in [0.25, 0.3) is 0 Å². The highest BCUT2D eigenvalue weighted by molar-refractivity contribution is 6.30. The molecule has 2 atom stereocenters. The predicted molar refractivity (Wildman–Crippen MR) is 99.2 cm³/mol. The number of halogens is 1. The van der Waals surface area contributed by atoms with E-state index >= 15 is 0 Å². The molecule has 0 aliphatic carbocycles. The highest BCUT2D eigenvalue weighted by atomic mass is 35.5. The molecule has 5 nitrogen and oxygen atoms in total. The van der Waals surface area contributed by atoms with E-state index in [1.54, 1.807) is 30.3 Å². The summed E-state index contributed by atoms with van der Waals surface area (Å²) in [6, 6.07) is 14.3. The van der Waals surface area contributed by atoms with E-state index in [2.05, 4.69) is 11.4 Å². The monoisotopic (exact) mass is 370 g/mol. The van der Waals surface area contributed by atoms with Gasteiger partial charge in [0.05, 0.1) is 17.7 Å². The van der Waals surface area contributed by atoms with Crippen LogP contribution in [0.1, 0.15) is 37.9 Å². The molecule has 0 radical (unpaired) electrons. The van der Waals surface area contributed by atoms with Gasteiger partial charge in [0.2, 0.25) is 0 Å². The molecular formula is C20H19ClN2O3. The summed E-state index contributed by atoms with van der Waals surface area (Å²) in [4.78, 5) is 11.7. The molecule has 1 aliphatic heterocycles. The number of ether oxygens (including phenoxy) is 2. The highest BCUT2D eigenvalue weighted by Crippen LogP contribution is 2.43. The number of benzene rings is 2. The first kappa shape index (κ1) is 18.1.